The topological polar surface area (TPSA) is 101 Å². The summed E-state index contributed by atoms with van der Waals surface area (Å²) in [5.74, 6) is -2.03. The first-order chi connectivity index (χ1) is 10.8. The van der Waals surface area contributed by atoms with Crippen molar-refractivity contribution < 1.29 is 18.3 Å². The number of aromatic nitrogens is 2. The lowest BCUT2D eigenvalue weighted by molar-refractivity contribution is -0.141. The van der Waals surface area contributed by atoms with Crippen LogP contribution in [0.15, 0.2) is 41.6 Å². The third-order valence-electron chi connectivity index (χ3n) is 3.28. The Morgan fingerprint density at radius 3 is 2.70 bits per heavy atom. The second-order valence-electron chi connectivity index (χ2n) is 5.03. The van der Waals surface area contributed by atoms with Gasteiger partial charge in [0.25, 0.3) is 0 Å². The third-order valence-corrected chi connectivity index (χ3v) is 5.03. The van der Waals surface area contributed by atoms with Gasteiger partial charge in [0.1, 0.15) is 4.90 Å². The molecule has 1 aromatic heterocycles. The summed E-state index contributed by atoms with van der Waals surface area (Å²) in [7, 11) is -2.21. The van der Waals surface area contributed by atoms with Gasteiger partial charge in [-0.05, 0) is 18.1 Å². The number of halogens is 1. The smallest absolute Gasteiger partial charge is 0.308 e. The van der Waals surface area contributed by atoms with Crippen LogP contribution in [-0.2, 0) is 28.3 Å². The molecule has 9 heteroatoms. The molecule has 0 aliphatic heterocycles. The van der Waals surface area contributed by atoms with Gasteiger partial charge in [-0.2, -0.15) is 5.10 Å². The molecule has 1 unspecified atom stereocenters. The van der Waals surface area contributed by atoms with E-state index in [-0.39, 0.29) is 17.9 Å². The normalized spacial score (nSPS) is 13.0. The molecule has 1 heterocycles. The zero-order valence-corrected chi connectivity index (χ0v) is 13.9. The number of rotatable bonds is 7. The highest BCUT2D eigenvalue weighted by molar-refractivity contribution is 7.89. The summed E-state index contributed by atoms with van der Waals surface area (Å²) in [4.78, 5) is 11.4. The van der Waals surface area contributed by atoms with Gasteiger partial charge in [-0.3, -0.25) is 9.48 Å². The largest absolute Gasteiger partial charge is 0.481 e. The van der Waals surface area contributed by atoms with E-state index in [2.05, 4.69) is 9.82 Å². The zero-order chi connectivity index (χ0) is 17.0. The van der Waals surface area contributed by atoms with Crippen molar-refractivity contribution in [2.45, 2.75) is 11.3 Å². The first-order valence-electron chi connectivity index (χ1n) is 6.74. The first kappa shape index (κ1) is 17.5. The van der Waals surface area contributed by atoms with Crippen molar-refractivity contribution in [1.82, 2.24) is 14.5 Å². The standard InChI is InChI=1S/C14H16ClN3O4S/c1-18-9-12(8-16-18)23(21,22)17-7-11(14(19)20)6-10-4-2-3-5-13(10)15/h2-5,8-9,11,17H,6-7H2,1H3,(H,19,20). The van der Waals surface area contributed by atoms with Gasteiger partial charge in [0.15, 0.2) is 0 Å². The van der Waals surface area contributed by atoms with Crippen LogP contribution in [0.1, 0.15) is 5.56 Å². The van der Waals surface area contributed by atoms with Gasteiger partial charge >= 0.3 is 5.97 Å². The molecule has 0 saturated heterocycles. The Bertz CT molecular complexity index is 804. The van der Waals surface area contributed by atoms with Crippen molar-refractivity contribution in [2.75, 3.05) is 6.54 Å². The molecule has 0 bridgehead atoms. The van der Waals surface area contributed by atoms with Crippen LogP contribution in [0.5, 0.6) is 0 Å². The number of nitrogens with zero attached hydrogens (tertiary/aromatic N) is 2. The Morgan fingerprint density at radius 2 is 2.13 bits per heavy atom. The van der Waals surface area contributed by atoms with Crippen molar-refractivity contribution in [3.05, 3.63) is 47.2 Å². The molecule has 0 radical (unpaired) electrons. The number of sulfonamides is 1. The quantitative estimate of drug-likeness (QED) is 0.777. The number of carboxylic acids is 1. The van der Waals surface area contributed by atoms with Crippen LogP contribution < -0.4 is 4.72 Å². The fourth-order valence-corrected chi connectivity index (χ4v) is 3.28. The van der Waals surface area contributed by atoms with Crippen LogP contribution in [0.4, 0.5) is 0 Å². The van der Waals surface area contributed by atoms with E-state index in [1.54, 1.807) is 31.3 Å². The minimum absolute atomic E-state index is 0.0121. The lowest BCUT2D eigenvalue weighted by Gasteiger charge is -2.14. The molecule has 7 nitrogen and oxygen atoms in total. The highest BCUT2D eigenvalue weighted by atomic mass is 35.5. The molecule has 124 valence electrons. The van der Waals surface area contributed by atoms with Gasteiger partial charge in [0.05, 0.1) is 12.1 Å². The fraction of sp³-hybridized carbons (Fsp3) is 0.286. The van der Waals surface area contributed by atoms with E-state index in [0.717, 1.165) is 0 Å². The number of benzene rings is 1. The Hall–Kier alpha value is -1.90. The molecule has 0 spiro atoms. The van der Waals surface area contributed by atoms with Gasteiger partial charge in [0, 0.05) is 24.8 Å². The molecule has 0 amide bonds. The zero-order valence-electron chi connectivity index (χ0n) is 12.3. The number of aryl methyl sites for hydroxylation is 1. The average Bonchev–Trinajstić information content (AvgIpc) is 2.92. The second-order valence-corrected chi connectivity index (χ2v) is 7.21. The highest BCUT2D eigenvalue weighted by Crippen LogP contribution is 2.19. The summed E-state index contributed by atoms with van der Waals surface area (Å²) in [5, 5.41) is 13.5. The Morgan fingerprint density at radius 1 is 1.43 bits per heavy atom. The number of hydrogen-bond donors (Lipinski definition) is 2. The van der Waals surface area contributed by atoms with Gasteiger partial charge in [-0.15, -0.1) is 0 Å². The number of carbonyl (C=O) groups is 1. The van der Waals surface area contributed by atoms with Crippen molar-refractivity contribution in [2.24, 2.45) is 13.0 Å². The lowest BCUT2D eigenvalue weighted by atomic mass is 10.00. The van der Waals surface area contributed by atoms with Crippen LogP contribution in [-0.4, -0.2) is 35.8 Å². The van der Waals surface area contributed by atoms with Crippen molar-refractivity contribution in [3.63, 3.8) is 0 Å². The van der Waals surface area contributed by atoms with Crippen molar-refractivity contribution >= 4 is 27.6 Å². The number of aliphatic carboxylic acids is 1. The molecule has 2 rings (SSSR count). The SMILES string of the molecule is Cn1cc(S(=O)(=O)NCC(Cc2ccccc2Cl)C(=O)O)cn1. The van der Waals surface area contributed by atoms with E-state index < -0.39 is 21.9 Å². The van der Waals surface area contributed by atoms with E-state index in [1.165, 1.54) is 17.1 Å². The molecule has 0 saturated carbocycles. The molecular weight excluding hydrogens is 342 g/mol. The van der Waals surface area contributed by atoms with Crippen LogP contribution in [0, 0.1) is 5.92 Å². The van der Waals surface area contributed by atoms with Crippen LogP contribution in [0.25, 0.3) is 0 Å². The maximum absolute atomic E-state index is 12.1. The van der Waals surface area contributed by atoms with Crippen LogP contribution in [0.2, 0.25) is 5.02 Å². The minimum atomic E-state index is -3.80. The van der Waals surface area contributed by atoms with Crippen molar-refractivity contribution in [3.8, 4) is 0 Å². The molecule has 2 aromatic rings. The molecule has 0 aliphatic carbocycles. The summed E-state index contributed by atoms with van der Waals surface area (Å²) < 4.78 is 27.9. The lowest BCUT2D eigenvalue weighted by Crippen LogP contribution is -2.34. The number of carboxylic acid groups (broad SMARTS) is 1. The number of nitrogens with one attached hydrogen (secondary N) is 1. The van der Waals surface area contributed by atoms with Crippen LogP contribution >= 0.6 is 11.6 Å². The second kappa shape index (κ2) is 7.12. The molecule has 23 heavy (non-hydrogen) atoms. The molecule has 1 atom stereocenters. The van der Waals surface area contributed by atoms with E-state index >= 15 is 0 Å². The van der Waals surface area contributed by atoms with Crippen molar-refractivity contribution in [1.29, 1.82) is 0 Å². The Labute approximate surface area is 138 Å². The van der Waals surface area contributed by atoms with E-state index in [1.807, 2.05) is 0 Å². The molecule has 0 aliphatic rings. The summed E-state index contributed by atoms with van der Waals surface area (Å²) in [6, 6.07) is 6.87. The monoisotopic (exact) mass is 357 g/mol. The van der Waals surface area contributed by atoms with Crippen LogP contribution in [0.3, 0.4) is 0 Å². The predicted molar refractivity (Wildman–Crippen MR) is 84.7 cm³/mol. The fourth-order valence-electron chi connectivity index (χ4n) is 2.01. The summed E-state index contributed by atoms with van der Waals surface area (Å²) in [6.45, 7) is -0.238. The molecular formula is C14H16ClN3O4S. The van der Waals surface area contributed by atoms with E-state index in [4.69, 9.17) is 11.6 Å². The summed E-state index contributed by atoms with van der Waals surface area (Å²) >= 11 is 6.02. The van der Waals surface area contributed by atoms with Gasteiger partial charge in [-0.1, -0.05) is 29.8 Å². The maximum atomic E-state index is 12.1. The van der Waals surface area contributed by atoms with Gasteiger partial charge in [-0.25, -0.2) is 13.1 Å². The third kappa shape index (κ3) is 4.54. The minimum Gasteiger partial charge on any atom is -0.481 e. The first-order valence-corrected chi connectivity index (χ1v) is 8.60. The number of hydrogen-bond acceptors (Lipinski definition) is 4. The predicted octanol–water partition coefficient (Wildman–Crippen LogP) is 1.30. The Balaban J connectivity index is 2.09. The summed E-state index contributed by atoms with van der Waals surface area (Å²) in [5.41, 5.74) is 0.655. The van der Waals surface area contributed by atoms with Gasteiger partial charge in [0.2, 0.25) is 10.0 Å². The van der Waals surface area contributed by atoms with E-state index in [0.29, 0.717) is 10.6 Å². The van der Waals surface area contributed by atoms with E-state index in [9.17, 15) is 18.3 Å². The molecule has 0 fully saturated rings. The Kier molecular flexibility index (Phi) is 5.40. The molecule has 2 N–H and O–H groups in total. The molecule has 1 aromatic carbocycles. The summed E-state index contributed by atoms with van der Waals surface area (Å²) in [6.07, 6.45) is 2.67. The average molecular weight is 358 g/mol. The highest BCUT2D eigenvalue weighted by Gasteiger charge is 2.23. The van der Waals surface area contributed by atoms with Gasteiger partial charge < -0.3 is 5.11 Å². The maximum Gasteiger partial charge on any atom is 0.308 e.